The predicted octanol–water partition coefficient (Wildman–Crippen LogP) is 2.76. The minimum atomic E-state index is -0.110. The first-order chi connectivity index (χ1) is 10.5. The molecule has 0 N–H and O–H groups in total. The van der Waals surface area contributed by atoms with Gasteiger partial charge >= 0.3 is 0 Å². The highest BCUT2D eigenvalue weighted by atomic mass is 32.1. The Labute approximate surface area is 131 Å². The van der Waals surface area contributed by atoms with E-state index in [0.717, 1.165) is 16.3 Å². The van der Waals surface area contributed by atoms with E-state index in [-0.39, 0.29) is 5.56 Å². The molecular formula is C15H16N4O2S. The van der Waals surface area contributed by atoms with Gasteiger partial charge in [-0.3, -0.25) is 4.79 Å². The standard InChI is InChI=1S/C15H16N4O2S/c1-9(2)6-12-16-8-11(22-12)15-17-14(18-21-15)10-4-5-19(3)13(20)7-10/h4-5,7-9H,6H2,1-3H3. The van der Waals surface area contributed by atoms with Gasteiger partial charge in [0.1, 0.15) is 4.88 Å². The number of hydrogen-bond acceptors (Lipinski definition) is 6. The van der Waals surface area contributed by atoms with Crippen LogP contribution < -0.4 is 5.56 Å². The highest BCUT2D eigenvalue weighted by molar-refractivity contribution is 7.15. The van der Waals surface area contributed by atoms with Gasteiger partial charge in [-0.05, 0) is 12.0 Å². The molecule has 0 aliphatic rings. The Morgan fingerprint density at radius 1 is 1.41 bits per heavy atom. The maximum Gasteiger partial charge on any atom is 0.269 e. The van der Waals surface area contributed by atoms with Crippen molar-refractivity contribution in [2.75, 3.05) is 0 Å². The van der Waals surface area contributed by atoms with E-state index in [0.29, 0.717) is 23.2 Å². The Kier molecular flexibility index (Phi) is 3.89. The quantitative estimate of drug-likeness (QED) is 0.740. The Balaban J connectivity index is 1.88. The van der Waals surface area contributed by atoms with Crippen molar-refractivity contribution in [3.8, 4) is 22.2 Å². The second-order valence-electron chi connectivity index (χ2n) is 5.50. The number of thiazole rings is 1. The van der Waals surface area contributed by atoms with Gasteiger partial charge in [-0.25, -0.2) is 4.98 Å². The molecule has 7 heteroatoms. The lowest BCUT2D eigenvalue weighted by Crippen LogP contribution is -2.14. The average Bonchev–Trinajstić information content (AvgIpc) is 3.10. The van der Waals surface area contributed by atoms with Gasteiger partial charge in [0.2, 0.25) is 5.82 Å². The van der Waals surface area contributed by atoms with E-state index in [1.165, 1.54) is 10.6 Å². The van der Waals surface area contributed by atoms with E-state index in [4.69, 9.17) is 4.52 Å². The first-order valence-corrected chi connectivity index (χ1v) is 7.80. The molecule has 0 unspecified atom stereocenters. The lowest BCUT2D eigenvalue weighted by atomic mass is 10.1. The maximum absolute atomic E-state index is 11.7. The highest BCUT2D eigenvalue weighted by Crippen LogP contribution is 2.27. The number of hydrogen-bond donors (Lipinski definition) is 0. The van der Waals surface area contributed by atoms with Crippen LogP contribution in [0.5, 0.6) is 0 Å². The fraction of sp³-hybridized carbons (Fsp3) is 0.333. The predicted molar refractivity (Wildman–Crippen MR) is 84.6 cm³/mol. The molecule has 3 aromatic heterocycles. The molecule has 22 heavy (non-hydrogen) atoms. The summed E-state index contributed by atoms with van der Waals surface area (Å²) in [5, 5.41) is 5.00. The summed E-state index contributed by atoms with van der Waals surface area (Å²) in [6, 6.07) is 3.28. The van der Waals surface area contributed by atoms with Gasteiger partial charge in [0, 0.05) is 31.3 Å². The van der Waals surface area contributed by atoms with E-state index in [2.05, 4.69) is 29.0 Å². The van der Waals surface area contributed by atoms with Crippen LogP contribution in [0.3, 0.4) is 0 Å². The molecule has 0 aromatic carbocycles. The monoisotopic (exact) mass is 316 g/mol. The molecule has 6 nitrogen and oxygen atoms in total. The fourth-order valence-electron chi connectivity index (χ4n) is 1.98. The van der Waals surface area contributed by atoms with E-state index in [9.17, 15) is 4.79 Å². The Bertz CT molecular complexity index is 847. The van der Waals surface area contributed by atoms with Crippen LogP contribution in [0, 0.1) is 5.92 Å². The van der Waals surface area contributed by atoms with Crippen LogP contribution in [0.25, 0.3) is 22.2 Å². The Hall–Kier alpha value is -2.28. The molecule has 0 fully saturated rings. The summed E-state index contributed by atoms with van der Waals surface area (Å²) < 4.78 is 6.79. The van der Waals surface area contributed by atoms with Crippen LogP contribution in [-0.2, 0) is 13.5 Å². The topological polar surface area (TPSA) is 73.8 Å². The minimum absolute atomic E-state index is 0.110. The molecule has 0 saturated carbocycles. The van der Waals surface area contributed by atoms with Crippen molar-refractivity contribution in [1.29, 1.82) is 0 Å². The number of pyridine rings is 1. The minimum Gasteiger partial charge on any atom is -0.333 e. The number of rotatable bonds is 4. The second-order valence-corrected chi connectivity index (χ2v) is 6.62. The molecule has 3 rings (SSSR count). The molecular weight excluding hydrogens is 300 g/mol. The van der Waals surface area contributed by atoms with Crippen LogP contribution in [0.4, 0.5) is 0 Å². The summed E-state index contributed by atoms with van der Waals surface area (Å²) in [6.45, 7) is 4.31. The van der Waals surface area contributed by atoms with E-state index in [1.807, 2.05) is 0 Å². The third-order valence-corrected chi connectivity index (χ3v) is 4.14. The van der Waals surface area contributed by atoms with Crippen LogP contribution >= 0.6 is 11.3 Å². The lowest BCUT2D eigenvalue weighted by Gasteiger charge is -1.97. The first-order valence-electron chi connectivity index (χ1n) is 6.99. The van der Waals surface area contributed by atoms with Crippen molar-refractivity contribution >= 4 is 11.3 Å². The van der Waals surface area contributed by atoms with Gasteiger partial charge in [0.25, 0.3) is 11.4 Å². The van der Waals surface area contributed by atoms with Gasteiger partial charge < -0.3 is 9.09 Å². The summed E-state index contributed by atoms with van der Waals surface area (Å²) in [7, 11) is 1.70. The van der Waals surface area contributed by atoms with Gasteiger partial charge in [-0.15, -0.1) is 11.3 Å². The normalized spacial score (nSPS) is 11.3. The largest absolute Gasteiger partial charge is 0.333 e. The van der Waals surface area contributed by atoms with Crippen molar-refractivity contribution in [2.45, 2.75) is 20.3 Å². The average molecular weight is 316 g/mol. The zero-order valence-corrected chi connectivity index (χ0v) is 13.4. The fourth-order valence-corrected chi connectivity index (χ4v) is 3.03. The summed E-state index contributed by atoms with van der Waals surface area (Å²) in [5.41, 5.74) is 0.533. The van der Waals surface area contributed by atoms with E-state index < -0.39 is 0 Å². The Morgan fingerprint density at radius 3 is 2.95 bits per heavy atom. The molecule has 114 valence electrons. The first kappa shape index (κ1) is 14.6. The van der Waals surface area contributed by atoms with Crippen molar-refractivity contribution < 1.29 is 4.52 Å². The van der Waals surface area contributed by atoms with Gasteiger partial charge in [0.15, 0.2) is 0 Å². The summed E-state index contributed by atoms with van der Waals surface area (Å²) in [5.74, 6) is 1.40. The second kappa shape index (κ2) is 5.84. The van der Waals surface area contributed by atoms with Crippen molar-refractivity contribution in [3.05, 3.63) is 39.9 Å². The third kappa shape index (κ3) is 2.99. The molecule has 0 radical (unpaired) electrons. The third-order valence-electron chi connectivity index (χ3n) is 3.14. The number of nitrogens with zero attached hydrogens (tertiary/aromatic N) is 4. The van der Waals surface area contributed by atoms with Crippen LogP contribution in [0.2, 0.25) is 0 Å². The van der Waals surface area contributed by atoms with Crippen LogP contribution in [-0.4, -0.2) is 19.7 Å². The molecule has 0 aliphatic carbocycles. The van der Waals surface area contributed by atoms with Gasteiger partial charge in [-0.1, -0.05) is 19.0 Å². The summed E-state index contributed by atoms with van der Waals surface area (Å²) in [6.07, 6.45) is 4.37. The molecule has 0 amide bonds. The van der Waals surface area contributed by atoms with Crippen molar-refractivity contribution in [3.63, 3.8) is 0 Å². The van der Waals surface area contributed by atoms with Gasteiger partial charge in [0.05, 0.1) is 11.2 Å². The molecule has 0 saturated heterocycles. The highest BCUT2D eigenvalue weighted by Gasteiger charge is 2.14. The van der Waals surface area contributed by atoms with Crippen LogP contribution in [0.1, 0.15) is 18.9 Å². The van der Waals surface area contributed by atoms with Crippen LogP contribution in [0.15, 0.2) is 33.8 Å². The smallest absolute Gasteiger partial charge is 0.269 e. The lowest BCUT2D eigenvalue weighted by molar-refractivity contribution is 0.433. The van der Waals surface area contributed by atoms with Crippen molar-refractivity contribution in [1.82, 2.24) is 19.7 Å². The van der Waals surface area contributed by atoms with E-state index >= 15 is 0 Å². The number of aryl methyl sites for hydroxylation is 1. The Morgan fingerprint density at radius 2 is 2.23 bits per heavy atom. The molecule has 0 spiro atoms. The maximum atomic E-state index is 11.7. The molecule has 0 atom stereocenters. The van der Waals surface area contributed by atoms with Crippen molar-refractivity contribution in [2.24, 2.45) is 13.0 Å². The molecule has 0 aliphatic heterocycles. The summed E-state index contributed by atoms with van der Waals surface area (Å²) in [4.78, 5) is 21.2. The SMILES string of the molecule is CC(C)Cc1ncc(-c2nc(-c3ccn(C)c(=O)c3)no2)s1. The van der Waals surface area contributed by atoms with Gasteiger partial charge in [-0.2, -0.15) is 4.98 Å². The number of aromatic nitrogens is 4. The summed E-state index contributed by atoms with van der Waals surface area (Å²) >= 11 is 1.56. The molecule has 3 aromatic rings. The molecule has 0 bridgehead atoms. The zero-order chi connectivity index (χ0) is 15.7. The van der Waals surface area contributed by atoms with E-state index in [1.54, 1.807) is 36.8 Å². The molecule has 3 heterocycles. The zero-order valence-electron chi connectivity index (χ0n) is 12.6.